The largest absolute Gasteiger partial charge is 0.273 e. The van der Waals surface area contributed by atoms with E-state index in [1.807, 2.05) is 0 Å². The zero-order valence-electron chi connectivity index (χ0n) is 11.8. The summed E-state index contributed by atoms with van der Waals surface area (Å²) in [4.78, 5) is 11.7. The summed E-state index contributed by atoms with van der Waals surface area (Å²) >= 11 is 0. The van der Waals surface area contributed by atoms with Gasteiger partial charge < -0.3 is 0 Å². The third-order valence-electron chi connectivity index (χ3n) is 6.09. The van der Waals surface area contributed by atoms with Crippen LogP contribution in [-0.2, 0) is 4.79 Å². The maximum Gasteiger partial charge on any atom is 0.243 e. The number of carbonyl (C=O) groups excluding carboxylic acids is 1. The smallest absolute Gasteiger partial charge is 0.243 e. The molecule has 4 bridgehead atoms. The Hall–Kier alpha value is -0.860. The van der Waals surface area contributed by atoms with E-state index >= 15 is 0 Å². The molecule has 5 saturated carbocycles. The molecule has 5 aliphatic carbocycles. The van der Waals surface area contributed by atoms with Gasteiger partial charge in [-0.3, -0.25) is 4.79 Å². The molecule has 3 heteroatoms. The summed E-state index contributed by atoms with van der Waals surface area (Å²) in [5, 5.41) is 4.49. The van der Waals surface area contributed by atoms with E-state index in [0.29, 0.717) is 5.41 Å². The van der Waals surface area contributed by atoms with Crippen molar-refractivity contribution in [1.29, 1.82) is 0 Å². The van der Waals surface area contributed by atoms with Crippen LogP contribution in [0.5, 0.6) is 0 Å². The highest BCUT2D eigenvalue weighted by atomic mass is 16.2. The topological polar surface area (TPSA) is 41.5 Å². The maximum absolute atomic E-state index is 11.7. The van der Waals surface area contributed by atoms with Crippen LogP contribution >= 0.6 is 0 Å². The first-order valence-corrected chi connectivity index (χ1v) is 7.99. The number of hydrazone groups is 1. The highest BCUT2D eigenvalue weighted by molar-refractivity contribution is 5.90. The van der Waals surface area contributed by atoms with E-state index in [0.717, 1.165) is 30.6 Å². The molecule has 5 aliphatic rings. The Bertz CT molecular complexity index is 401. The second-order valence-electron chi connectivity index (χ2n) is 7.65. The first kappa shape index (κ1) is 11.9. The van der Waals surface area contributed by atoms with Crippen molar-refractivity contribution >= 4 is 11.6 Å². The molecule has 5 fully saturated rings. The molecule has 0 radical (unpaired) electrons. The molecule has 0 aromatic rings. The Morgan fingerprint density at radius 3 is 2.05 bits per heavy atom. The first-order valence-electron chi connectivity index (χ1n) is 7.99. The molecule has 1 amide bonds. The van der Waals surface area contributed by atoms with Gasteiger partial charge in [0.1, 0.15) is 0 Å². The number of hydrogen-bond donors (Lipinski definition) is 1. The fourth-order valence-corrected chi connectivity index (χ4v) is 5.25. The molecular formula is C16H24N2O. The summed E-state index contributed by atoms with van der Waals surface area (Å²) in [7, 11) is 0. The molecule has 0 aromatic heterocycles. The summed E-state index contributed by atoms with van der Waals surface area (Å²) in [6, 6.07) is 0. The lowest BCUT2D eigenvalue weighted by atomic mass is 9.48. The minimum atomic E-state index is 0.143. The van der Waals surface area contributed by atoms with Gasteiger partial charge in [-0.15, -0.1) is 0 Å². The van der Waals surface area contributed by atoms with Gasteiger partial charge in [-0.1, -0.05) is 0 Å². The fourth-order valence-electron chi connectivity index (χ4n) is 5.25. The number of hydrogen-bond acceptors (Lipinski definition) is 2. The number of rotatable bonds is 3. The van der Waals surface area contributed by atoms with E-state index in [9.17, 15) is 4.79 Å². The van der Waals surface area contributed by atoms with Gasteiger partial charge in [0, 0.05) is 17.0 Å². The Labute approximate surface area is 115 Å². The highest BCUT2D eigenvalue weighted by Gasteiger charge is 2.52. The van der Waals surface area contributed by atoms with Crippen molar-refractivity contribution in [2.45, 2.75) is 58.3 Å². The SMILES string of the molecule is C/C(=N/NC(=O)C1CC1)C12CC3CC(CC(C3)C1)C2. The Morgan fingerprint density at radius 1 is 1.05 bits per heavy atom. The van der Waals surface area contributed by atoms with Gasteiger partial charge in [0.15, 0.2) is 0 Å². The van der Waals surface area contributed by atoms with E-state index in [1.165, 1.54) is 44.2 Å². The van der Waals surface area contributed by atoms with Crippen molar-refractivity contribution < 1.29 is 4.79 Å². The summed E-state index contributed by atoms with van der Waals surface area (Å²) in [5.74, 6) is 3.22. The van der Waals surface area contributed by atoms with Crippen LogP contribution in [-0.4, -0.2) is 11.6 Å². The van der Waals surface area contributed by atoms with E-state index in [4.69, 9.17) is 0 Å². The predicted molar refractivity (Wildman–Crippen MR) is 74.6 cm³/mol. The average molecular weight is 260 g/mol. The molecule has 5 rings (SSSR count). The summed E-state index contributed by atoms with van der Waals surface area (Å²) in [6.07, 6.45) is 10.5. The summed E-state index contributed by atoms with van der Waals surface area (Å²) in [5.41, 5.74) is 4.37. The lowest BCUT2D eigenvalue weighted by Gasteiger charge is -2.56. The third-order valence-corrected chi connectivity index (χ3v) is 6.09. The number of carbonyl (C=O) groups is 1. The van der Waals surface area contributed by atoms with Crippen LogP contribution in [0.15, 0.2) is 5.10 Å². The molecule has 0 aliphatic heterocycles. The molecule has 1 N–H and O–H groups in total. The number of nitrogens with one attached hydrogen (secondary N) is 1. The second-order valence-corrected chi connectivity index (χ2v) is 7.65. The third kappa shape index (κ3) is 2.02. The monoisotopic (exact) mass is 260 g/mol. The van der Waals surface area contributed by atoms with Crippen molar-refractivity contribution in [3.05, 3.63) is 0 Å². The second kappa shape index (κ2) is 4.07. The molecule has 0 heterocycles. The molecule has 0 spiro atoms. The van der Waals surface area contributed by atoms with Crippen LogP contribution in [0, 0.1) is 29.1 Å². The Kier molecular flexibility index (Phi) is 2.55. The van der Waals surface area contributed by atoms with Crippen molar-refractivity contribution in [2.24, 2.45) is 34.2 Å². The molecule has 104 valence electrons. The van der Waals surface area contributed by atoms with Gasteiger partial charge >= 0.3 is 0 Å². The minimum Gasteiger partial charge on any atom is -0.273 e. The van der Waals surface area contributed by atoms with Crippen LogP contribution in [0.25, 0.3) is 0 Å². The lowest BCUT2D eigenvalue weighted by Crippen LogP contribution is -2.49. The van der Waals surface area contributed by atoms with Crippen LogP contribution in [0.1, 0.15) is 58.3 Å². The number of nitrogens with zero attached hydrogens (tertiary/aromatic N) is 1. The molecule has 0 saturated heterocycles. The van der Waals surface area contributed by atoms with Crippen molar-refractivity contribution in [3.63, 3.8) is 0 Å². The minimum absolute atomic E-state index is 0.143. The fraction of sp³-hybridized carbons (Fsp3) is 0.875. The molecular weight excluding hydrogens is 236 g/mol. The summed E-state index contributed by atoms with van der Waals surface area (Å²) < 4.78 is 0. The normalized spacial score (nSPS) is 44.5. The van der Waals surface area contributed by atoms with Crippen LogP contribution in [0.3, 0.4) is 0 Å². The maximum atomic E-state index is 11.7. The van der Waals surface area contributed by atoms with E-state index in [-0.39, 0.29) is 11.8 Å². The number of amides is 1. The Morgan fingerprint density at radius 2 is 1.58 bits per heavy atom. The predicted octanol–water partition coefficient (Wildman–Crippen LogP) is 3.10. The van der Waals surface area contributed by atoms with Gasteiger partial charge in [0.25, 0.3) is 0 Å². The van der Waals surface area contributed by atoms with Gasteiger partial charge in [-0.25, -0.2) is 5.43 Å². The van der Waals surface area contributed by atoms with E-state index in [2.05, 4.69) is 17.5 Å². The standard InChI is InChI=1S/C16H24N2O/c1-10(17-18-15(19)14-2-3-14)16-7-11-4-12(8-16)6-13(5-11)9-16/h11-14H,2-9H2,1H3,(H,18,19)/b17-10-. The van der Waals surface area contributed by atoms with E-state index in [1.54, 1.807) is 0 Å². The van der Waals surface area contributed by atoms with E-state index < -0.39 is 0 Å². The molecule has 0 atom stereocenters. The van der Waals surface area contributed by atoms with Crippen molar-refractivity contribution in [3.8, 4) is 0 Å². The van der Waals surface area contributed by atoms with Gasteiger partial charge in [-0.05, 0) is 76.0 Å². The lowest BCUT2D eigenvalue weighted by molar-refractivity contribution is -0.122. The van der Waals surface area contributed by atoms with Crippen molar-refractivity contribution in [2.75, 3.05) is 0 Å². The quantitative estimate of drug-likeness (QED) is 0.615. The van der Waals surface area contributed by atoms with Gasteiger partial charge in [0.2, 0.25) is 5.91 Å². The first-order chi connectivity index (χ1) is 9.14. The van der Waals surface area contributed by atoms with Gasteiger partial charge in [-0.2, -0.15) is 5.10 Å². The summed E-state index contributed by atoms with van der Waals surface area (Å²) in [6.45, 7) is 2.15. The molecule has 0 unspecified atom stereocenters. The average Bonchev–Trinajstić information content (AvgIpc) is 3.18. The van der Waals surface area contributed by atoms with Crippen LogP contribution in [0.4, 0.5) is 0 Å². The molecule has 19 heavy (non-hydrogen) atoms. The zero-order valence-corrected chi connectivity index (χ0v) is 11.8. The Balaban J connectivity index is 1.50. The highest BCUT2D eigenvalue weighted by Crippen LogP contribution is 2.60. The molecule has 0 aromatic carbocycles. The zero-order chi connectivity index (χ0) is 13.0. The molecule has 3 nitrogen and oxygen atoms in total. The van der Waals surface area contributed by atoms with Gasteiger partial charge in [0.05, 0.1) is 0 Å². The van der Waals surface area contributed by atoms with Crippen LogP contribution < -0.4 is 5.43 Å². The van der Waals surface area contributed by atoms with Crippen molar-refractivity contribution in [1.82, 2.24) is 5.43 Å². The van der Waals surface area contributed by atoms with Crippen LogP contribution in [0.2, 0.25) is 0 Å².